The Kier molecular flexibility index (Phi) is 4.34. The molecule has 0 radical (unpaired) electrons. The lowest BCUT2D eigenvalue weighted by Crippen LogP contribution is -2.05. The molecule has 0 heterocycles. The van der Waals surface area contributed by atoms with E-state index in [1.54, 1.807) is 24.4 Å². The standard InChI is InChI=1S/C15H17NO3/c17-14-9-3-1-2-6-11(14)10-16-13-8-5-4-7-12(13)15(18)19/h4-5,7-8,10,16H,1-3,6,9H2,(H,18,19). The van der Waals surface area contributed by atoms with Crippen LogP contribution in [0, 0.1) is 0 Å². The van der Waals surface area contributed by atoms with Gasteiger partial charge in [0.25, 0.3) is 0 Å². The Labute approximate surface area is 112 Å². The minimum absolute atomic E-state index is 0.165. The molecule has 100 valence electrons. The van der Waals surface area contributed by atoms with E-state index in [1.165, 1.54) is 6.07 Å². The van der Waals surface area contributed by atoms with Crippen LogP contribution in [0.2, 0.25) is 0 Å². The maximum Gasteiger partial charge on any atom is 0.337 e. The molecule has 0 spiro atoms. The summed E-state index contributed by atoms with van der Waals surface area (Å²) < 4.78 is 0. The van der Waals surface area contributed by atoms with Gasteiger partial charge in [0.1, 0.15) is 0 Å². The Morgan fingerprint density at radius 3 is 2.68 bits per heavy atom. The number of rotatable bonds is 3. The van der Waals surface area contributed by atoms with E-state index in [9.17, 15) is 9.59 Å². The van der Waals surface area contributed by atoms with Crippen molar-refractivity contribution in [3.8, 4) is 0 Å². The van der Waals surface area contributed by atoms with E-state index in [4.69, 9.17) is 5.11 Å². The van der Waals surface area contributed by atoms with Crippen molar-refractivity contribution in [3.05, 3.63) is 41.6 Å². The number of para-hydroxylation sites is 1. The SMILES string of the molecule is O=C1CCCCCC1=CNc1ccccc1C(=O)O. The highest BCUT2D eigenvalue weighted by Crippen LogP contribution is 2.21. The number of carboxylic acid groups (broad SMARTS) is 1. The zero-order valence-electron chi connectivity index (χ0n) is 10.7. The smallest absolute Gasteiger partial charge is 0.337 e. The third kappa shape index (κ3) is 3.44. The van der Waals surface area contributed by atoms with Crippen LogP contribution in [0.1, 0.15) is 42.5 Å². The van der Waals surface area contributed by atoms with Gasteiger partial charge in [-0.25, -0.2) is 4.79 Å². The average Bonchev–Trinajstić information content (AvgIpc) is 2.61. The molecule has 4 nitrogen and oxygen atoms in total. The van der Waals surface area contributed by atoms with Gasteiger partial charge in [-0.15, -0.1) is 0 Å². The monoisotopic (exact) mass is 259 g/mol. The first-order valence-electron chi connectivity index (χ1n) is 6.49. The summed E-state index contributed by atoms with van der Waals surface area (Å²) in [5.74, 6) is -0.813. The van der Waals surface area contributed by atoms with Crippen molar-refractivity contribution in [2.75, 3.05) is 5.32 Å². The van der Waals surface area contributed by atoms with Gasteiger partial charge in [0.2, 0.25) is 0 Å². The van der Waals surface area contributed by atoms with E-state index in [0.717, 1.165) is 31.3 Å². The summed E-state index contributed by atoms with van der Waals surface area (Å²) in [6.07, 6.45) is 6.06. The second kappa shape index (κ2) is 6.18. The fraction of sp³-hybridized carbons (Fsp3) is 0.333. The van der Waals surface area contributed by atoms with Crippen LogP contribution in [0.15, 0.2) is 36.0 Å². The number of anilines is 1. The number of hydrogen-bond donors (Lipinski definition) is 2. The van der Waals surface area contributed by atoms with Gasteiger partial charge in [0, 0.05) is 18.2 Å². The molecule has 1 fully saturated rings. The minimum Gasteiger partial charge on any atom is -0.478 e. The fourth-order valence-electron chi connectivity index (χ4n) is 2.19. The van der Waals surface area contributed by atoms with Gasteiger partial charge in [0.05, 0.1) is 11.3 Å². The van der Waals surface area contributed by atoms with Crippen molar-refractivity contribution in [2.24, 2.45) is 0 Å². The number of Topliss-reactive ketones (excluding diaryl/α,β-unsaturated/α-hetero) is 1. The molecule has 0 atom stereocenters. The summed E-state index contributed by atoms with van der Waals surface area (Å²) in [6, 6.07) is 6.68. The molecule has 0 unspecified atom stereocenters. The summed E-state index contributed by atoms with van der Waals surface area (Å²) in [6.45, 7) is 0. The molecule has 4 heteroatoms. The second-order valence-electron chi connectivity index (χ2n) is 4.65. The summed E-state index contributed by atoms with van der Waals surface area (Å²) in [5.41, 5.74) is 1.48. The molecule has 2 N–H and O–H groups in total. The summed E-state index contributed by atoms with van der Waals surface area (Å²) >= 11 is 0. The number of aromatic carboxylic acids is 1. The summed E-state index contributed by atoms with van der Waals surface area (Å²) in [5, 5.41) is 12.0. The van der Waals surface area contributed by atoms with E-state index in [-0.39, 0.29) is 11.3 Å². The Bertz CT molecular complexity index is 520. The lowest BCUT2D eigenvalue weighted by Gasteiger charge is -2.07. The third-order valence-electron chi connectivity index (χ3n) is 3.27. The topological polar surface area (TPSA) is 66.4 Å². The number of ketones is 1. The number of nitrogens with one attached hydrogen (secondary N) is 1. The van der Waals surface area contributed by atoms with Crippen molar-refractivity contribution in [1.29, 1.82) is 0 Å². The van der Waals surface area contributed by atoms with Gasteiger partial charge in [-0.1, -0.05) is 18.6 Å². The Balaban J connectivity index is 2.17. The van der Waals surface area contributed by atoms with Crippen LogP contribution in [0.4, 0.5) is 5.69 Å². The summed E-state index contributed by atoms with van der Waals surface area (Å²) in [7, 11) is 0. The van der Waals surface area contributed by atoms with Crippen LogP contribution in [-0.4, -0.2) is 16.9 Å². The number of hydrogen-bond acceptors (Lipinski definition) is 3. The van der Waals surface area contributed by atoms with E-state index in [0.29, 0.717) is 12.1 Å². The first-order valence-corrected chi connectivity index (χ1v) is 6.49. The number of carbonyl (C=O) groups is 2. The zero-order chi connectivity index (χ0) is 13.7. The fourth-order valence-corrected chi connectivity index (χ4v) is 2.19. The van der Waals surface area contributed by atoms with Crippen molar-refractivity contribution < 1.29 is 14.7 Å². The van der Waals surface area contributed by atoms with Crippen LogP contribution in [0.25, 0.3) is 0 Å². The molecule has 0 aromatic heterocycles. The number of benzene rings is 1. The molecular weight excluding hydrogens is 242 g/mol. The molecule has 19 heavy (non-hydrogen) atoms. The maximum atomic E-state index is 11.8. The highest BCUT2D eigenvalue weighted by Gasteiger charge is 2.14. The quantitative estimate of drug-likeness (QED) is 0.646. The van der Waals surface area contributed by atoms with Crippen molar-refractivity contribution >= 4 is 17.4 Å². The number of carbonyl (C=O) groups excluding carboxylic acids is 1. The normalized spacial score (nSPS) is 18.1. The van der Waals surface area contributed by atoms with Gasteiger partial charge in [-0.2, -0.15) is 0 Å². The van der Waals surface area contributed by atoms with E-state index in [2.05, 4.69) is 5.32 Å². The van der Waals surface area contributed by atoms with E-state index in [1.807, 2.05) is 0 Å². The molecule has 0 saturated heterocycles. The first-order chi connectivity index (χ1) is 9.18. The average molecular weight is 259 g/mol. The largest absolute Gasteiger partial charge is 0.478 e. The molecule has 0 amide bonds. The second-order valence-corrected chi connectivity index (χ2v) is 4.65. The molecule has 1 saturated carbocycles. The molecule has 0 aliphatic heterocycles. The lowest BCUT2D eigenvalue weighted by molar-refractivity contribution is -0.115. The number of carboxylic acids is 1. The van der Waals surface area contributed by atoms with Gasteiger partial charge >= 0.3 is 5.97 Å². The van der Waals surface area contributed by atoms with Gasteiger partial charge in [-0.05, 0) is 31.4 Å². The van der Waals surface area contributed by atoms with Crippen molar-refractivity contribution in [3.63, 3.8) is 0 Å². The Morgan fingerprint density at radius 2 is 1.89 bits per heavy atom. The minimum atomic E-state index is -0.978. The Hall–Kier alpha value is -2.10. The molecule has 1 aromatic carbocycles. The van der Waals surface area contributed by atoms with Crippen LogP contribution in [0.3, 0.4) is 0 Å². The van der Waals surface area contributed by atoms with Gasteiger partial charge in [-0.3, -0.25) is 4.79 Å². The molecular formula is C15H17NO3. The van der Waals surface area contributed by atoms with E-state index < -0.39 is 5.97 Å². The highest BCUT2D eigenvalue weighted by molar-refractivity contribution is 5.97. The van der Waals surface area contributed by atoms with Crippen LogP contribution in [-0.2, 0) is 4.79 Å². The van der Waals surface area contributed by atoms with Crippen LogP contribution >= 0.6 is 0 Å². The summed E-state index contributed by atoms with van der Waals surface area (Å²) in [4.78, 5) is 22.9. The number of allylic oxidation sites excluding steroid dienone is 1. The van der Waals surface area contributed by atoms with Crippen molar-refractivity contribution in [2.45, 2.75) is 32.1 Å². The van der Waals surface area contributed by atoms with E-state index >= 15 is 0 Å². The van der Waals surface area contributed by atoms with Gasteiger partial charge in [0.15, 0.2) is 5.78 Å². The van der Waals surface area contributed by atoms with Crippen LogP contribution < -0.4 is 5.32 Å². The zero-order valence-corrected chi connectivity index (χ0v) is 10.7. The first kappa shape index (κ1) is 13.3. The Morgan fingerprint density at radius 1 is 1.16 bits per heavy atom. The molecule has 1 aromatic rings. The predicted octanol–water partition coefficient (Wildman–Crippen LogP) is 3.21. The molecule has 1 aliphatic rings. The predicted molar refractivity (Wildman–Crippen MR) is 73.2 cm³/mol. The lowest BCUT2D eigenvalue weighted by atomic mass is 10.1. The molecule has 1 aliphatic carbocycles. The van der Waals surface area contributed by atoms with Crippen LogP contribution in [0.5, 0.6) is 0 Å². The highest BCUT2D eigenvalue weighted by atomic mass is 16.4. The molecule has 2 rings (SSSR count). The van der Waals surface area contributed by atoms with Crippen molar-refractivity contribution in [1.82, 2.24) is 0 Å². The maximum absolute atomic E-state index is 11.8. The third-order valence-corrected chi connectivity index (χ3v) is 3.27. The molecule has 0 bridgehead atoms. The van der Waals surface area contributed by atoms with Gasteiger partial charge < -0.3 is 10.4 Å².